The van der Waals surface area contributed by atoms with Crippen molar-refractivity contribution in [2.24, 2.45) is 0 Å². The Kier molecular flexibility index (Phi) is 5.18. The fraction of sp³-hybridized carbons (Fsp3) is 0.304. The van der Waals surface area contributed by atoms with Gasteiger partial charge in [-0.15, -0.1) is 0 Å². The Morgan fingerprint density at radius 3 is 2.50 bits per heavy atom. The zero-order valence-electron chi connectivity index (χ0n) is 16.5. The Morgan fingerprint density at radius 1 is 1.07 bits per heavy atom. The first kappa shape index (κ1) is 18.7. The molecule has 2 atom stereocenters. The van der Waals surface area contributed by atoms with E-state index in [0.29, 0.717) is 6.04 Å². The number of rotatable bonds is 5. The average Bonchev–Trinajstić information content (AvgIpc) is 3.33. The number of aromatic nitrogens is 2. The van der Waals surface area contributed by atoms with Crippen molar-refractivity contribution in [1.29, 1.82) is 0 Å². The molecule has 0 unspecified atom stereocenters. The number of nitrogens with zero attached hydrogens (tertiary/aromatic N) is 3. The summed E-state index contributed by atoms with van der Waals surface area (Å²) >= 11 is 5.80. The molecule has 144 valence electrons. The summed E-state index contributed by atoms with van der Waals surface area (Å²) in [6.45, 7) is 6.59. The molecule has 3 heterocycles. The fourth-order valence-corrected chi connectivity index (χ4v) is 4.30. The monoisotopic (exact) mass is 390 g/mol. The summed E-state index contributed by atoms with van der Waals surface area (Å²) in [6, 6.07) is 19.5. The second kappa shape index (κ2) is 7.76. The van der Waals surface area contributed by atoms with Crippen LogP contribution in [0, 0.1) is 0 Å². The van der Waals surface area contributed by atoms with E-state index in [2.05, 4.69) is 89.2 Å². The van der Waals surface area contributed by atoms with Crippen LogP contribution in [-0.4, -0.2) is 14.7 Å². The van der Waals surface area contributed by atoms with E-state index in [-0.39, 0.29) is 12.1 Å². The van der Waals surface area contributed by atoms with Crippen LogP contribution < -0.4 is 10.2 Å². The molecular formula is C23H26N4S. The zero-order valence-corrected chi connectivity index (χ0v) is 17.4. The van der Waals surface area contributed by atoms with Gasteiger partial charge < -0.3 is 14.8 Å². The lowest BCUT2D eigenvalue weighted by molar-refractivity contribution is 0.497. The van der Waals surface area contributed by atoms with E-state index >= 15 is 0 Å². The highest BCUT2D eigenvalue weighted by Gasteiger charge is 2.42. The Hall–Kier alpha value is -2.66. The largest absolute Gasteiger partial charge is 0.351 e. The third-order valence-corrected chi connectivity index (χ3v) is 5.71. The zero-order chi connectivity index (χ0) is 19.7. The van der Waals surface area contributed by atoms with Crippen LogP contribution in [0.2, 0.25) is 0 Å². The molecule has 0 saturated carbocycles. The van der Waals surface area contributed by atoms with Crippen molar-refractivity contribution < 1.29 is 0 Å². The maximum Gasteiger partial charge on any atom is 0.174 e. The number of thiocarbonyl (C=S) groups is 1. The molecule has 5 heteroatoms. The average molecular weight is 391 g/mol. The normalized spacial score (nSPS) is 19.3. The van der Waals surface area contributed by atoms with E-state index in [1.165, 1.54) is 11.3 Å². The van der Waals surface area contributed by atoms with Gasteiger partial charge in [-0.25, -0.2) is 0 Å². The molecule has 4 rings (SSSR count). The first-order valence-electron chi connectivity index (χ1n) is 9.86. The highest BCUT2D eigenvalue weighted by atomic mass is 32.1. The number of pyridine rings is 1. The molecule has 1 aliphatic rings. The summed E-state index contributed by atoms with van der Waals surface area (Å²) in [5.41, 5.74) is 4.66. The fourth-order valence-electron chi connectivity index (χ4n) is 3.95. The van der Waals surface area contributed by atoms with Crippen LogP contribution in [0.5, 0.6) is 0 Å². The number of benzene rings is 1. The minimum atomic E-state index is -0.00745. The molecule has 3 aromatic rings. The van der Waals surface area contributed by atoms with Gasteiger partial charge >= 0.3 is 0 Å². The van der Waals surface area contributed by atoms with Crippen molar-refractivity contribution >= 4 is 23.0 Å². The second-order valence-corrected chi connectivity index (χ2v) is 7.84. The van der Waals surface area contributed by atoms with Crippen LogP contribution in [0.1, 0.15) is 55.8 Å². The summed E-state index contributed by atoms with van der Waals surface area (Å²) in [6.07, 6.45) is 5.02. The minimum absolute atomic E-state index is 0.00745. The van der Waals surface area contributed by atoms with Crippen LogP contribution in [-0.2, 0) is 6.42 Å². The molecule has 1 aliphatic heterocycles. The summed E-state index contributed by atoms with van der Waals surface area (Å²) in [5.74, 6) is 0. The molecule has 1 aromatic carbocycles. The molecule has 2 aromatic heterocycles. The summed E-state index contributed by atoms with van der Waals surface area (Å²) in [5, 5.41) is 4.27. The van der Waals surface area contributed by atoms with Crippen LogP contribution in [0.4, 0.5) is 5.69 Å². The lowest BCUT2D eigenvalue weighted by Gasteiger charge is -2.30. The Balaban J connectivity index is 1.83. The Labute approximate surface area is 172 Å². The molecule has 1 saturated heterocycles. The molecule has 0 amide bonds. The van der Waals surface area contributed by atoms with Crippen molar-refractivity contribution in [2.45, 2.75) is 45.3 Å². The number of anilines is 1. The van der Waals surface area contributed by atoms with Gasteiger partial charge in [-0.1, -0.05) is 25.1 Å². The van der Waals surface area contributed by atoms with Crippen molar-refractivity contribution in [2.75, 3.05) is 4.90 Å². The van der Waals surface area contributed by atoms with E-state index in [9.17, 15) is 0 Å². The van der Waals surface area contributed by atoms with Crippen LogP contribution in [0.15, 0.2) is 67.0 Å². The number of nitrogens with one attached hydrogen (secondary N) is 1. The molecule has 1 fully saturated rings. The van der Waals surface area contributed by atoms with Gasteiger partial charge in [0, 0.05) is 29.8 Å². The smallest absolute Gasteiger partial charge is 0.174 e. The quantitative estimate of drug-likeness (QED) is 0.607. The van der Waals surface area contributed by atoms with Gasteiger partial charge in [-0.2, -0.15) is 0 Å². The predicted octanol–water partition coefficient (Wildman–Crippen LogP) is 5.20. The summed E-state index contributed by atoms with van der Waals surface area (Å²) < 4.78 is 2.32. The molecule has 28 heavy (non-hydrogen) atoms. The molecule has 4 nitrogen and oxygen atoms in total. The lowest BCUT2D eigenvalue weighted by atomic mass is 10.0. The highest BCUT2D eigenvalue weighted by molar-refractivity contribution is 7.80. The van der Waals surface area contributed by atoms with Crippen LogP contribution in [0.25, 0.3) is 0 Å². The Morgan fingerprint density at radius 2 is 1.86 bits per heavy atom. The van der Waals surface area contributed by atoms with E-state index in [1.807, 2.05) is 18.3 Å². The lowest BCUT2D eigenvalue weighted by Crippen LogP contribution is -2.30. The number of hydrogen-bond donors (Lipinski definition) is 1. The summed E-state index contributed by atoms with van der Waals surface area (Å²) in [7, 11) is 0. The van der Waals surface area contributed by atoms with Gasteiger partial charge in [-0.3, -0.25) is 4.98 Å². The predicted molar refractivity (Wildman–Crippen MR) is 119 cm³/mol. The highest BCUT2D eigenvalue weighted by Crippen LogP contribution is 2.42. The van der Waals surface area contributed by atoms with Crippen LogP contribution >= 0.6 is 12.2 Å². The van der Waals surface area contributed by atoms with Gasteiger partial charge in [0.2, 0.25) is 0 Å². The molecule has 0 aliphatic carbocycles. The first-order chi connectivity index (χ1) is 13.6. The maximum atomic E-state index is 5.80. The van der Waals surface area contributed by atoms with Gasteiger partial charge in [0.05, 0.1) is 11.7 Å². The Bertz CT molecular complexity index is 946. The third kappa shape index (κ3) is 3.31. The van der Waals surface area contributed by atoms with Gasteiger partial charge in [-0.05, 0) is 74.4 Å². The van der Waals surface area contributed by atoms with E-state index < -0.39 is 0 Å². The molecule has 0 spiro atoms. The van der Waals surface area contributed by atoms with Gasteiger partial charge in [0.25, 0.3) is 0 Å². The van der Waals surface area contributed by atoms with E-state index in [4.69, 9.17) is 12.2 Å². The molecule has 0 bridgehead atoms. The number of hydrogen-bond acceptors (Lipinski definition) is 2. The summed E-state index contributed by atoms with van der Waals surface area (Å²) in [4.78, 5) is 6.87. The van der Waals surface area contributed by atoms with Crippen molar-refractivity contribution in [3.8, 4) is 0 Å². The van der Waals surface area contributed by atoms with Crippen LogP contribution in [0.3, 0.4) is 0 Å². The maximum absolute atomic E-state index is 5.80. The second-order valence-electron chi connectivity index (χ2n) is 7.45. The molecular weight excluding hydrogens is 364 g/mol. The minimum Gasteiger partial charge on any atom is -0.351 e. The van der Waals surface area contributed by atoms with Gasteiger partial charge in [0.1, 0.15) is 6.04 Å². The van der Waals surface area contributed by atoms with Gasteiger partial charge in [0.15, 0.2) is 5.11 Å². The molecule has 1 N–H and O–H groups in total. The van der Waals surface area contributed by atoms with Crippen molar-refractivity contribution in [1.82, 2.24) is 14.9 Å². The number of aryl methyl sites for hydroxylation is 1. The van der Waals surface area contributed by atoms with Crippen molar-refractivity contribution in [3.63, 3.8) is 0 Å². The van der Waals surface area contributed by atoms with E-state index in [1.54, 1.807) is 0 Å². The topological polar surface area (TPSA) is 33.1 Å². The van der Waals surface area contributed by atoms with Crippen molar-refractivity contribution in [3.05, 3.63) is 83.9 Å². The third-order valence-electron chi connectivity index (χ3n) is 5.39. The first-order valence-corrected chi connectivity index (χ1v) is 10.3. The van der Waals surface area contributed by atoms with E-state index in [0.717, 1.165) is 22.9 Å². The SMILES string of the molecule is CCc1ccc(N2C(=S)N[C@H](c3ccccn3)[C@H]2c2cccn2C(C)C)cc1. The standard InChI is InChI=1S/C23H26N4S/c1-4-17-10-12-18(13-11-17)27-22(20-9-7-15-26(20)16(2)3)21(25-23(27)28)19-8-5-6-14-24-19/h5-16,21-22H,4H2,1-3H3,(H,25,28)/t21-,22-/m1/s1. The molecule has 0 radical (unpaired) electrons.